The lowest BCUT2D eigenvalue weighted by Crippen LogP contribution is -2.37. The second kappa shape index (κ2) is 6.50. The molecule has 1 aromatic rings. The highest BCUT2D eigenvalue weighted by molar-refractivity contribution is 7.88. The Balaban J connectivity index is 2.62. The van der Waals surface area contributed by atoms with E-state index in [4.69, 9.17) is 5.26 Å². The summed E-state index contributed by atoms with van der Waals surface area (Å²) in [5.74, 6) is -0.0743. The van der Waals surface area contributed by atoms with Crippen LogP contribution in [0.1, 0.15) is 18.1 Å². The molecular formula is C12H17N3O2S. The molecule has 6 heteroatoms. The molecule has 18 heavy (non-hydrogen) atoms. The van der Waals surface area contributed by atoms with Crippen molar-refractivity contribution in [2.24, 2.45) is 0 Å². The van der Waals surface area contributed by atoms with Crippen LogP contribution in [0.15, 0.2) is 24.3 Å². The van der Waals surface area contributed by atoms with E-state index in [-0.39, 0.29) is 11.8 Å². The predicted octanol–water partition coefficient (Wildman–Crippen LogP) is 0.586. The molecular weight excluding hydrogens is 250 g/mol. The van der Waals surface area contributed by atoms with Gasteiger partial charge >= 0.3 is 0 Å². The van der Waals surface area contributed by atoms with Crippen LogP contribution in [0.3, 0.4) is 0 Å². The Bertz CT molecular complexity index is 517. The first-order valence-corrected chi connectivity index (χ1v) is 7.25. The fraction of sp³-hybridized carbons (Fsp3) is 0.417. The monoisotopic (exact) mass is 267 g/mol. The van der Waals surface area contributed by atoms with E-state index in [9.17, 15) is 8.42 Å². The standard InChI is InChI=1S/C12H17N3O2S/c1-10(14-2)8-15-18(16,17)9-12-5-3-11(7-13)4-6-12/h3-6,10,14-15H,8-9H2,1-2H3. The molecule has 0 heterocycles. The summed E-state index contributed by atoms with van der Waals surface area (Å²) >= 11 is 0. The summed E-state index contributed by atoms with van der Waals surface area (Å²) in [4.78, 5) is 0. The zero-order chi connectivity index (χ0) is 13.6. The Morgan fingerprint density at radius 2 is 1.94 bits per heavy atom. The predicted molar refractivity (Wildman–Crippen MR) is 70.3 cm³/mol. The van der Waals surface area contributed by atoms with Gasteiger partial charge in [0.25, 0.3) is 0 Å². The fourth-order valence-electron chi connectivity index (χ4n) is 1.30. The zero-order valence-corrected chi connectivity index (χ0v) is 11.3. The van der Waals surface area contributed by atoms with E-state index in [0.717, 1.165) is 0 Å². The maximum atomic E-state index is 11.8. The molecule has 0 fully saturated rings. The first-order valence-electron chi connectivity index (χ1n) is 5.60. The van der Waals surface area contributed by atoms with E-state index in [1.807, 2.05) is 13.0 Å². The molecule has 1 aromatic carbocycles. The Labute approximate surface area is 108 Å². The van der Waals surface area contributed by atoms with E-state index in [1.54, 1.807) is 31.3 Å². The molecule has 0 saturated carbocycles. The minimum absolute atomic E-state index is 0.0743. The van der Waals surface area contributed by atoms with Crippen molar-refractivity contribution in [3.63, 3.8) is 0 Å². The van der Waals surface area contributed by atoms with Gasteiger partial charge < -0.3 is 5.32 Å². The summed E-state index contributed by atoms with van der Waals surface area (Å²) in [6.07, 6.45) is 0. The number of rotatable bonds is 6. The molecule has 0 aliphatic rings. The van der Waals surface area contributed by atoms with Gasteiger partial charge in [0.15, 0.2) is 0 Å². The molecule has 0 radical (unpaired) electrons. The number of nitrogens with zero attached hydrogens (tertiary/aromatic N) is 1. The van der Waals surface area contributed by atoms with Crippen LogP contribution in [0.5, 0.6) is 0 Å². The first-order chi connectivity index (χ1) is 8.46. The zero-order valence-electron chi connectivity index (χ0n) is 10.5. The lowest BCUT2D eigenvalue weighted by atomic mass is 10.2. The van der Waals surface area contributed by atoms with Gasteiger partial charge in [0.05, 0.1) is 17.4 Å². The molecule has 5 nitrogen and oxygen atoms in total. The highest BCUT2D eigenvalue weighted by Gasteiger charge is 2.12. The summed E-state index contributed by atoms with van der Waals surface area (Å²) < 4.78 is 26.1. The average molecular weight is 267 g/mol. The molecule has 1 atom stereocenters. The lowest BCUT2D eigenvalue weighted by Gasteiger charge is -2.11. The van der Waals surface area contributed by atoms with Crippen LogP contribution in [-0.2, 0) is 15.8 Å². The van der Waals surface area contributed by atoms with Crippen molar-refractivity contribution >= 4 is 10.0 Å². The molecule has 0 aliphatic carbocycles. The lowest BCUT2D eigenvalue weighted by molar-refractivity contribution is 0.553. The summed E-state index contributed by atoms with van der Waals surface area (Å²) in [5.41, 5.74) is 1.19. The van der Waals surface area contributed by atoms with Crippen LogP contribution in [0, 0.1) is 11.3 Å². The van der Waals surface area contributed by atoms with Gasteiger partial charge in [-0.05, 0) is 31.7 Å². The summed E-state index contributed by atoms with van der Waals surface area (Å²) in [6, 6.07) is 8.60. The van der Waals surface area contributed by atoms with Crippen LogP contribution in [-0.4, -0.2) is 28.1 Å². The van der Waals surface area contributed by atoms with E-state index < -0.39 is 10.0 Å². The number of benzene rings is 1. The van der Waals surface area contributed by atoms with Gasteiger partial charge in [-0.25, -0.2) is 13.1 Å². The van der Waals surface area contributed by atoms with Crippen molar-refractivity contribution in [2.75, 3.05) is 13.6 Å². The number of nitrogens with one attached hydrogen (secondary N) is 2. The smallest absolute Gasteiger partial charge is 0.215 e. The molecule has 0 aliphatic heterocycles. The van der Waals surface area contributed by atoms with Gasteiger partial charge in [0.2, 0.25) is 10.0 Å². The molecule has 1 unspecified atom stereocenters. The number of hydrogen-bond acceptors (Lipinski definition) is 4. The van der Waals surface area contributed by atoms with E-state index in [0.29, 0.717) is 17.7 Å². The SMILES string of the molecule is CNC(C)CNS(=O)(=O)Cc1ccc(C#N)cc1. The fourth-order valence-corrected chi connectivity index (χ4v) is 2.54. The molecule has 0 bridgehead atoms. The Morgan fingerprint density at radius 1 is 1.33 bits per heavy atom. The van der Waals surface area contributed by atoms with Gasteiger partial charge in [0.1, 0.15) is 0 Å². The molecule has 1 rings (SSSR count). The third-order valence-corrected chi connectivity index (χ3v) is 3.86. The normalized spacial score (nSPS) is 12.9. The molecule has 0 saturated heterocycles. The summed E-state index contributed by atoms with van der Waals surface area (Å²) in [7, 11) is -1.55. The van der Waals surface area contributed by atoms with Crippen LogP contribution in [0.4, 0.5) is 0 Å². The van der Waals surface area contributed by atoms with Crippen molar-refractivity contribution in [1.82, 2.24) is 10.0 Å². The highest BCUT2D eigenvalue weighted by atomic mass is 32.2. The molecule has 0 spiro atoms. The van der Waals surface area contributed by atoms with Crippen molar-refractivity contribution in [2.45, 2.75) is 18.7 Å². The minimum Gasteiger partial charge on any atom is -0.316 e. The van der Waals surface area contributed by atoms with Crippen LogP contribution in [0.2, 0.25) is 0 Å². The molecule has 0 aromatic heterocycles. The van der Waals surface area contributed by atoms with Crippen molar-refractivity contribution in [1.29, 1.82) is 5.26 Å². The first kappa shape index (κ1) is 14.6. The quantitative estimate of drug-likeness (QED) is 0.790. The maximum Gasteiger partial charge on any atom is 0.215 e. The Hall–Kier alpha value is -1.42. The molecule has 98 valence electrons. The number of nitriles is 1. The molecule has 0 amide bonds. The second-order valence-corrected chi connectivity index (χ2v) is 5.91. The molecule has 2 N–H and O–H groups in total. The topological polar surface area (TPSA) is 82.0 Å². The van der Waals surface area contributed by atoms with E-state index in [2.05, 4.69) is 10.0 Å². The largest absolute Gasteiger partial charge is 0.316 e. The number of likely N-dealkylation sites (N-methyl/N-ethyl adjacent to an activating group) is 1. The van der Waals surface area contributed by atoms with E-state index in [1.165, 1.54) is 0 Å². The second-order valence-electron chi connectivity index (χ2n) is 4.11. The van der Waals surface area contributed by atoms with E-state index >= 15 is 0 Å². The van der Waals surface area contributed by atoms with Crippen molar-refractivity contribution in [3.8, 4) is 6.07 Å². The summed E-state index contributed by atoms with van der Waals surface area (Å²) in [5, 5.41) is 11.6. The van der Waals surface area contributed by atoms with Crippen LogP contribution < -0.4 is 10.0 Å². The van der Waals surface area contributed by atoms with Crippen molar-refractivity contribution < 1.29 is 8.42 Å². The van der Waals surface area contributed by atoms with Gasteiger partial charge in [-0.2, -0.15) is 5.26 Å². The van der Waals surface area contributed by atoms with Gasteiger partial charge in [0, 0.05) is 12.6 Å². The summed E-state index contributed by atoms with van der Waals surface area (Å²) in [6.45, 7) is 2.25. The number of hydrogen-bond donors (Lipinski definition) is 2. The third kappa shape index (κ3) is 4.84. The van der Waals surface area contributed by atoms with Crippen molar-refractivity contribution in [3.05, 3.63) is 35.4 Å². The van der Waals surface area contributed by atoms with Gasteiger partial charge in [-0.1, -0.05) is 12.1 Å². The van der Waals surface area contributed by atoms with Crippen LogP contribution >= 0.6 is 0 Å². The van der Waals surface area contributed by atoms with Crippen LogP contribution in [0.25, 0.3) is 0 Å². The number of sulfonamides is 1. The van der Waals surface area contributed by atoms with Gasteiger partial charge in [-0.15, -0.1) is 0 Å². The maximum absolute atomic E-state index is 11.8. The Morgan fingerprint density at radius 3 is 2.44 bits per heavy atom. The Kier molecular flexibility index (Phi) is 5.28. The highest BCUT2D eigenvalue weighted by Crippen LogP contribution is 2.07. The minimum atomic E-state index is -3.33. The third-order valence-electron chi connectivity index (χ3n) is 2.54. The van der Waals surface area contributed by atoms with Gasteiger partial charge in [-0.3, -0.25) is 0 Å². The average Bonchev–Trinajstić information content (AvgIpc) is 2.36.